The zero-order chi connectivity index (χ0) is 57.8. The number of ether oxygens (including phenoxy) is 1. The number of aliphatic hydroxyl groups excluding tert-OH is 2. The maximum atomic E-state index is 12.5. The van der Waals surface area contributed by atoms with Gasteiger partial charge in [0.1, 0.15) is 0 Å². The number of carbonyl (C=O) groups is 2. The van der Waals surface area contributed by atoms with Gasteiger partial charge in [-0.1, -0.05) is 366 Å². The van der Waals surface area contributed by atoms with Gasteiger partial charge in [0.25, 0.3) is 0 Å². The van der Waals surface area contributed by atoms with Gasteiger partial charge in [-0.3, -0.25) is 9.59 Å². The van der Waals surface area contributed by atoms with Crippen molar-refractivity contribution in [2.75, 3.05) is 13.2 Å². The van der Waals surface area contributed by atoms with Crippen LogP contribution >= 0.6 is 0 Å². The van der Waals surface area contributed by atoms with E-state index in [1.54, 1.807) is 0 Å². The van der Waals surface area contributed by atoms with Crippen LogP contribution in [0.4, 0.5) is 0 Å². The molecular weight excluding hydrogens is 983 g/mol. The lowest BCUT2D eigenvalue weighted by molar-refractivity contribution is -0.143. The SMILES string of the molecule is CCCCCCCCCCCCCCCCCCCCCC(=O)OCCCCCCCCCCC/C=C\C/C=C\CCCCCCCCCCCCCCCCCC(=O)NC(CO)C(O)CCCCCCCCCCCCCCC. The molecule has 474 valence electrons. The van der Waals surface area contributed by atoms with Gasteiger partial charge < -0.3 is 20.3 Å². The number of hydrogen-bond acceptors (Lipinski definition) is 5. The van der Waals surface area contributed by atoms with Crippen LogP contribution in [0.25, 0.3) is 0 Å². The standard InChI is InChI=1S/C74H143NO5/c1-3-5-7-9-11-13-15-17-18-19-33-37-40-44-48-52-56-60-64-68-74(79)80-69-65-61-57-53-49-45-41-38-35-32-30-28-26-24-22-20-21-23-25-27-29-31-34-36-39-43-47-51-55-59-63-67-73(78)75-71(70-76)72(77)66-62-58-54-50-46-42-16-14-12-10-8-6-4-2/h22,24,28,30,71-72,76-77H,3-21,23,25-27,29,31-70H2,1-2H3,(H,75,78)/b24-22-,30-28-. The Morgan fingerprint density at radius 1 is 0.350 bits per heavy atom. The summed E-state index contributed by atoms with van der Waals surface area (Å²) in [6.07, 6.45) is 88.2. The first-order valence-corrected chi connectivity index (χ1v) is 36.6. The van der Waals surface area contributed by atoms with Gasteiger partial charge in [0.2, 0.25) is 5.91 Å². The molecule has 0 saturated heterocycles. The summed E-state index contributed by atoms with van der Waals surface area (Å²) in [6, 6.07) is -0.540. The molecule has 6 heteroatoms. The van der Waals surface area contributed by atoms with Crippen molar-refractivity contribution in [3.63, 3.8) is 0 Å². The van der Waals surface area contributed by atoms with Crippen molar-refractivity contribution >= 4 is 11.9 Å². The second-order valence-electron chi connectivity index (χ2n) is 25.3. The highest BCUT2D eigenvalue weighted by atomic mass is 16.5. The van der Waals surface area contributed by atoms with Crippen LogP contribution in [0, 0.1) is 0 Å². The molecule has 0 bridgehead atoms. The Morgan fingerprint density at radius 3 is 0.950 bits per heavy atom. The van der Waals surface area contributed by atoms with Crippen LogP contribution in [0.3, 0.4) is 0 Å². The van der Waals surface area contributed by atoms with E-state index in [2.05, 4.69) is 43.5 Å². The van der Waals surface area contributed by atoms with E-state index in [9.17, 15) is 19.8 Å². The number of aliphatic hydroxyl groups is 2. The van der Waals surface area contributed by atoms with Crippen molar-refractivity contribution in [3.8, 4) is 0 Å². The summed E-state index contributed by atoms with van der Waals surface area (Å²) in [5.41, 5.74) is 0. The van der Waals surface area contributed by atoms with Crippen molar-refractivity contribution < 1.29 is 24.5 Å². The maximum absolute atomic E-state index is 12.5. The number of rotatable bonds is 69. The van der Waals surface area contributed by atoms with E-state index in [4.69, 9.17) is 4.74 Å². The van der Waals surface area contributed by atoms with Gasteiger partial charge in [0.15, 0.2) is 0 Å². The molecular formula is C74H143NO5. The molecule has 0 heterocycles. The van der Waals surface area contributed by atoms with E-state index >= 15 is 0 Å². The van der Waals surface area contributed by atoms with Crippen LogP contribution in [0.15, 0.2) is 24.3 Å². The predicted octanol–water partition coefficient (Wildman–Crippen LogP) is 23.7. The molecule has 0 aliphatic rings. The zero-order valence-electron chi connectivity index (χ0n) is 54.3. The van der Waals surface area contributed by atoms with Gasteiger partial charge in [-0.2, -0.15) is 0 Å². The maximum Gasteiger partial charge on any atom is 0.305 e. The summed E-state index contributed by atoms with van der Waals surface area (Å²) in [7, 11) is 0. The van der Waals surface area contributed by atoms with Crippen molar-refractivity contribution in [2.45, 2.75) is 424 Å². The fraction of sp³-hybridized carbons (Fsp3) is 0.919. The first-order valence-electron chi connectivity index (χ1n) is 36.6. The number of nitrogens with one attached hydrogen (secondary N) is 1. The van der Waals surface area contributed by atoms with Crippen LogP contribution in [0.5, 0.6) is 0 Å². The van der Waals surface area contributed by atoms with Gasteiger partial charge in [-0.15, -0.1) is 0 Å². The largest absolute Gasteiger partial charge is 0.466 e. The quantitative estimate of drug-likeness (QED) is 0.0320. The van der Waals surface area contributed by atoms with Crippen LogP contribution < -0.4 is 5.32 Å². The molecule has 2 atom stereocenters. The van der Waals surface area contributed by atoms with Gasteiger partial charge in [-0.05, 0) is 57.8 Å². The minimum atomic E-state index is -0.663. The van der Waals surface area contributed by atoms with Gasteiger partial charge in [-0.25, -0.2) is 0 Å². The minimum absolute atomic E-state index is 0.0188. The van der Waals surface area contributed by atoms with Gasteiger partial charge in [0.05, 0.1) is 25.4 Å². The fourth-order valence-corrected chi connectivity index (χ4v) is 11.7. The molecule has 3 N–H and O–H groups in total. The Labute approximate surface area is 501 Å². The summed E-state index contributed by atoms with van der Waals surface area (Å²) in [5, 5.41) is 23.3. The average Bonchev–Trinajstić information content (AvgIpc) is 3.46. The Balaban J connectivity index is 3.36. The molecule has 0 aliphatic carbocycles. The zero-order valence-corrected chi connectivity index (χ0v) is 54.3. The van der Waals surface area contributed by atoms with Crippen LogP contribution in [0.2, 0.25) is 0 Å². The van der Waals surface area contributed by atoms with Crippen LogP contribution in [-0.2, 0) is 14.3 Å². The highest BCUT2D eigenvalue weighted by molar-refractivity contribution is 5.76. The van der Waals surface area contributed by atoms with E-state index in [-0.39, 0.29) is 18.5 Å². The average molecular weight is 1130 g/mol. The molecule has 0 aromatic carbocycles. The number of hydrogen-bond donors (Lipinski definition) is 3. The molecule has 0 saturated carbocycles. The third-order valence-corrected chi connectivity index (χ3v) is 17.3. The Kier molecular flexibility index (Phi) is 68.4. The second kappa shape index (κ2) is 69.8. The monoisotopic (exact) mass is 1130 g/mol. The van der Waals surface area contributed by atoms with Crippen molar-refractivity contribution in [3.05, 3.63) is 24.3 Å². The number of esters is 1. The molecule has 0 spiro atoms. The Hall–Kier alpha value is -1.66. The molecule has 0 fully saturated rings. The summed E-state index contributed by atoms with van der Waals surface area (Å²) in [5.74, 6) is -0.0135. The molecule has 0 radical (unpaired) electrons. The molecule has 1 amide bonds. The number of allylic oxidation sites excluding steroid dienone is 4. The number of amides is 1. The number of unbranched alkanes of at least 4 members (excludes halogenated alkanes) is 54. The summed E-state index contributed by atoms with van der Waals surface area (Å²) >= 11 is 0. The lowest BCUT2D eigenvalue weighted by Gasteiger charge is -2.22. The molecule has 80 heavy (non-hydrogen) atoms. The van der Waals surface area contributed by atoms with Crippen LogP contribution in [0.1, 0.15) is 412 Å². The first-order chi connectivity index (χ1) is 39.5. The second-order valence-corrected chi connectivity index (χ2v) is 25.3. The smallest absolute Gasteiger partial charge is 0.305 e. The van der Waals surface area contributed by atoms with Gasteiger partial charge in [0, 0.05) is 12.8 Å². The lowest BCUT2D eigenvalue weighted by atomic mass is 10.0. The third kappa shape index (κ3) is 65.5. The highest BCUT2D eigenvalue weighted by Gasteiger charge is 2.20. The summed E-state index contributed by atoms with van der Waals surface area (Å²) < 4.78 is 5.51. The van der Waals surface area contributed by atoms with Crippen molar-refractivity contribution in [1.82, 2.24) is 5.32 Å². The molecule has 0 aromatic rings. The normalized spacial score (nSPS) is 12.6. The van der Waals surface area contributed by atoms with E-state index in [0.717, 1.165) is 44.9 Å². The molecule has 2 unspecified atom stereocenters. The van der Waals surface area contributed by atoms with Crippen molar-refractivity contribution in [2.24, 2.45) is 0 Å². The Bertz CT molecular complexity index is 1250. The minimum Gasteiger partial charge on any atom is -0.466 e. The van der Waals surface area contributed by atoms with E-state index in [1.807, 2.05) is 0 Å². The lowest BCUT2D eigenvalue weighted by Crippen LogP contribution is -2.45. The molecule has 0 aliphatic heterocycles. The molecule has 0 aromatic heterocycles. The first kappa shape index (κ1) is 78.3. The number of carbonyl (C=O) groups excluding carboxylic acids is 2. The fourth-order valence-electron chi connectivity index (χ4n) is 11.7. The highest BCUT2D eigenvalue weighted by Crippen LogP contribution is 2.19. The van der Waals surface area contributed by atoms with Crippen molar-refractivity contribution in [1.29, 1.82) is 0 Å². The third-order valence-electron chi connectivity index (χ3n) is 17.3. The topological polar surface area (TPSA) is 95.9 Å². The van der Waals surface area contributed by atoms with E-state index < -0.39 is 12.1 Å². The molecule has 0 rings (SSSR count). The van der Waals surface area contributed by atoms with Crippen LogP contribution in [-0.4, -0.2) is 47.4 Å². The van der Waals surface area contributed by atoms with E-state index in [0.29, 0.717) is 25.9 Å². The predicted molar refractivity (Wildman–Crippen MR) is 352 cm³/mol. The summed E-state index contributed by atoms with van der Waals surface area (Å²) in [6.45, 7) is 4.99. The summed E-state index contributed by atoms with van der Waals surface area (Å²) in [4.78, 5) is 24.6. The van der Waals surface area contributed by atoms with E-state index in [1.165, 1.54) is 334 Å². The van der Waals surface area contributed by atoms with Gasteiger partial charge >= 0.3 is 5.97 Å². The Morgan fingerprint density at radius 2 is 0.625 bits per heavy atom. The molecule has 6 nitrogen and oxygen atoms in total.